The lowest BCUT2D eigenvalue weighted by Crippen LogP contribution is -2.39. The van der Waals surface area contributed by atoms with Crippen molar-refractivity contribution in [2.24, 2.45) is 5.73 Å². The number of esters is 1. The Bertz CT molecular complexity index is 339. The van der Waals surface area contributed by atoms with Crippen LogP contribution in [0, 0.1) is 5.41 Å². The first-order valence-electron chi connectivity index (χ1n) is 4.87. The Hall–Kier alpha value is -1.31. The Morgan fingerprint density at radius 3 is 2.56 bits per heavy atom. The third-order valence-electron chi connectivity index (χ3n) is 1.58. The Balaban J connectivity index is 3.91. The average Bonchev–Trinajstić information content (AvgIpc) is 2.09. The number of hydrogen-bond donors (Lipinski definition) is 3. The highest BCUT2D eigenvalue weighted by Gasteiger charge is 2.17. The lowest BCUT2D eigenvalue weighted by Gasteiger charge is -2.06. The van der Waals surface area contributed by atoms with Gasteiger partial charge in [-0.15, -0.1) is 0 Å². The molecule has 0 aliphatic rings. The van der Waals surface area contributed by atoms with Gasteiger partial charge in [0.1, 0.15) is 0 Å². The van der Waals surface area contributed by atoms with Crippen LogP contribution in [-0.2, 0) is 19.6 Å². The van der Waals surface area contributed by atoms with Crippen LogP contribution in [0.15, 0.2) is 0 Å². The summed E-state index contributed by atoms with van der Waals surface area (Å²) < 4.78 is 28.6. The van der Waals surface area contributed by atoms with Gasteiger partial charge in [0.25, 0.3) is 0 Å². The first-order valence-corrected chi connectivity index (χ1v) is 6.52. The molecule has 0 aromatic rings. The SMILES string of the molecule is CCCCCOC(=O)CS(=O)(=O)NC(=N)N. The molecule has 0 atom stereocenters. The smallest absolute Gasteiger partial charge is 0.323 e. The molecule has 0 bridgehead atoms. The summed E-state index contributed by atoms with van der Waals surface area (Å²) >= 11 is 0. The minimum atomic E-state index is -3.90. The van der Waals surface area contributed by atoms with Gasteiger partial charge >= 0.3 is 5.97 Å². The van der Waals surface area contributed by atoms with E-state index in [1.807, 2.05) is 6.92 Å². The molecule has 0 aliphatic heterocycles. The molecule has 7 nitrogen and oxygen atoms in total. The number of carbonyl (C=O) groups excluding carboxylic acids is 1. The van der Waals surface area contributed by atoms with E-state index in [0.29, 0.717) is 6.42 Å². The zero-order valence-corrected chi connectivity index (χ0v) is 9.97. The summed E-state index contributed by atoms with van der Waals surface area (Å²) in [6.45, 7) is 2.21. The van der Waals surface area contributed by atoms with Crippen LogP contribution in [0.5, 0.6) is 0 Å². The van der Waals surface area contributed by atoms with Gasteiger partial charge in [0.15, 0.2) is 11.7 Å². The number of hydrogen-bond acceptors (Lipinski definition) is 5. The fourth-order valence-corrected chi connectivity index (χ4v) is 1.74. The number of nitrogens with one attached hydrogen (secondary N) is 2. The topological polar surface area (TPSA) is 122 Å². The number of carbonyl (C=O) groups is 1. The molecule has 0 saturated heterocycles. The van der Waals surface area contributed by atoms with Crippen LogP contribution in [-0.4, -0.2) is 32.7 Å². The van der Waals surface area contributed by atoms with Crippen molar-refractivity contribution >= 4 is 22.0 Å². The minimum absolute atomic E-state index is 0.211. The number of sulfonamides is 1. The maximum Gasteiger partial charge on any atom is 0.323 e. The van der Waals surface area contributed by atoms with Gasteiger partial charge in [-0.25, -0.2) is 8.42 Å². The van der Waals surface area contributed by atoms with E-state index < -0.39 is 27.7 Å². The molecule has 0 fully saturated rings. The molecule has 0 radical (unpaired) electrons. The molecule has 0 aliphatic carbocycles. The third-order valence-corrected chi connectivity index (χ3v) is 2.73. The molecule has 0 aromatic heterocycles. The fourth-order valence-electron chi connectivity index (χ4n) is 0.938. The summed E-state index contributed by atoms with van der Waals surface area (Å²) in [5.41, 5.74) is 4.83. The predicted octanol–water partition coefficient (Wildman–Crippen LogP) is -0.467. The molecular weight excluding hydrogens is 234 g/mol. The molecule has 16 heavy (non-hydrogen) atoms. The number of rotatable bonds is 7. The first kappa shape index (κ1) is 14.7. The van der Waals surface area contributed by atoms with Gasteiger partial charge in [-0.3, -0.25) is 14.9 Å². The van der Waals surface area contributed by atoms with Gasteiger partial charge < -0.3 is 10.5 Å². The molecular formula is C8H17N3O4S. The summed E-state index contributed by atoms with van der Waals surface area (Å²) in [5.74, 6) is -2.39. The van der Waals surface area contributed by atoms with Gasteiger partial charge in [-0.1, -0.05) is 19.8 Å². The summed E-state index contributed by atoms with van der Waals surface area (Å²) in [7, 11) is -3.90. The van der Waals surface area contributed by atoms with Gasteiger partial charge in [0.05, 0.1) is 6.61 Å². The highest BCUT2D eigenvalue weighted by Crippen LogP contribution is 1.95. The molecule has 0 amide bonds. The van der Waals surface area contributed by atoms with Crippen molar-refractivity contribution in [3.63, 3.8) is 0 Å². The van der Waals surface area contributed by atoms with E-state index in [1.54, 1.807) is 4.72 Å². The molecule has 8 heteroatoms. The first-order chi connectivity index (χ1) is 7.37. The quantitative estimate of drug-likeness (QED) is 0.244. The minimum Gasteiger partial charge on any atom is -0.465 e. The van der Waals surface area contributed by atoms with Gasteiger partial charge in [0.2, 0.25) is 10.0 Å². The number of nitrogens with two attached hydrogens (primary N) is 1. The Labute approximate surface area is 94.9 Å². The molecule has 0 aromatic carbocycles. The second kappa shape index (κ2) is 7.04. The zero-order chi connectivity index (χ0) is 12.6. The van der Waals surface area contributed by atoms with Crippen molar-refractivity contribution in [1.82, 2.24) is 4.72 Å². The number of unbranched alkanes of at least 4 members (excludes halogenated alkanes) is 2. The van der Waals surface area contributed by atoms with E-state index in [1.165, 1.54) is 0 Å². The van der Waals surface area contributed by atoms with Crippen molar-refractivity contribution in [1.29, 1.82) is 5.41 Å². The van der Waals surface area contributed by atoms with Crippen LogP contribution in [0.25, 0.3) is 0 Å². The van der Waals surface area contributed by atoms with Crippen molar-refractivity contribution in [2.45, 2.75) is 26.2 Å². The van der Waals surface area contributed by atoms with Gasteiger partial charge in [0, 0.05) is 0 Å². The van der Waals surface area contributed by atoms with E-state index in [4.69, 9.17) is 15.9 Å². The molecule has 94 valence electrons. The van der Waals surface area contributed by atoms with Crippen LogP contribution >= 0.6 is 0 Å². The van der Waals surface area contributed by atoms with E-state index in [9.17, 15) is 13.2 Å². The summed E-state index contributed by atoms with van der Waals surface area (Å²) in [5, 5.41) is 6.72. The molecule has 0 spiro atoms. The van der Waals surface area contributed by atoms with E-state index >= 15 is 0 Å². The van der Waals surface area contributed by atoms with Crippen LogP contribution in [0.3, 0.4) is 0 Å². The van der Waals surface area contributed by atoms with Crippen molar-refractivity contribution in [3.8, 4) is 0 Å². The Morgan fingerprint density at radius 1 is 1.44 bits per heavy atom. The van der Waals surface area contributed by atoms with Crippen molar-refractivity contribution < 1.29 is 17.9 Å². The lowest BCUT2D eigenvalue weighted by atomic mass is 10.3. The number of ether oxygens (including phenoxy) is 1. The second-order valence-electron chi connectivity index (χ2n) is 3.20. The third kappa shape index (κ3) is 8.04. The standard InChI is InChI=1S/C8H17N3O4S/c1-2-3-4-5-15-7(12)6-16(13,14)11-8(9)10/h2-6H2,1H3,(H4,9,10,11). The van der Waals surface area contributed by atoms with Crippen LogP contribution in [0.1, 0.15) is 26.2 Å². The van der Waals surface area contributed by atoms with Gasteiger partial charge in [-0.2, -0.15) is 0 Å². The monoisotopic (exact) mass is 251 g/mol. The summed E-state index contributed by atoms with van der Waals surface area (Å²) in [4.78, 5) is 11.1. The van der Waals surface area contributed by atoms with Crippen LogP contribution < -0.4 is 10.5 Å². The Morgan fingerprint density at radius 2 is 2.06 bits per heavy atom. The number of guanidine groups is 1. The Kier molecular flexibility index (Phi) is 6.47. The zero-order valence-electron chi connectivity index (χ0n) is 9.15. The summed E-state index contributed by atoms with van der Waals surface area (Å²) in [6, 6.07) is 0. The molecule has 0 heterocycles. The summed E-state index contributed by atoms with van der Waals surface area (Å²) in [6.07, 6.45) is 2.62. The average molecular weight is 251 g/mol. The largest absolute Gasteiger partial charge is 0.465 e. The van der Waals surface area contributed by atoms with Crippen molar-refractivity contribution in [2.75, 3.05) is 12.4 Å². The fraction of sp³-hybridized carbons (Fsp3) is 0.750. The normalized spacial score (nSPS) is 10.8. The molecule has 0 saturated carbocycles. The van der Waals surface area contributed by atoms with Crippen LogP contribution in [0.4, 0.5) is 0 Å². The molecule has 0 rings (SSSR count). The van der Waals surface area contributed by atoms with E-state index in [-0.39, 0.29) is 6.61 Å². The molecule has 4 N–H and O–H groups in total. The van der Waals surface area contributed by atoms with Crippen molar-refractivity contribution in [3.05, 3.63) is 0 Å². The van der Waals surface area contributed by atoms with Crippen LogP contribution in [0.2, 0.25) is 0 Å². The second-order valence-corrected chi connectivity index (χ2v) is 4.92. The highest BCUT2D eigenvalue weighted by atomic mass is 32.2. The maximum atomic E-state index is 11.1. The highest BCUT2D eigenvalue weighted by molar-refractivity contribution is 7.90. The van der Waals surface area contributed by atoms with E-state index in [2.05, 4.69) is 0 Å². The maximum absolute atomic E-state index is 11.1. The lowest BCUT2D eigenvalue weighted by molar-refractivity contribution is -0.140. The van der Waals surface area contributed by atoms with E-state index in [0.717, 1.165) is 12.8 Å². The van der Waals surface area contributed by atoms with Gasteiger partial charge in [-0.05, 0) is 6.42 Å². The molecule has 0 unspecified atom stereocenters. The predicted molar refractivity (Wildman–Crippen MR) is 59.3 cm³/mol.